The molecule has 6 nitrogen and oxygen atoms in total. The van der Waals surface area contributed by atoms with Crippen molar-refractivity contribution >= 4 is 23.2 Å². The topological polar surface area (TPSA) is 70.7 Å². The molecule has 4 saturated carbocycles. The molecule has 29 heavy (non-hydrogen) atoms. The molecule has 4 bridgehead atoms. The Morgan fingerprint density at radius 2 is 1.72 bits per heavy atom. The van der Waals surface area contributed by atoms with Crippen molar-refractivity contribution in [1.29, 1.82) is 0 Å². The summed E-state index contributed by atoms with van der Waals surface area (Å²) in [6.45, 7) is 0.914. The van der Waals surface area contributed by atoms with Crippen LogP contribution >= 0.6 is 0 Å². The number of nitrogens with one attached hydrogen (secondary N) is 2. The SMILES string of the molecule is COCCNC(=O)c1cc(NC(=O)C23CC4CC(CC(C4)C2)C3)ccc1N(C)C. The molecule has 5 rings (SSSR count). The maximum absolute atomic E-state index is 13.3. The van der Waals surface area contributed by atoms with Gasteiger partial charge in [-0.25, -0.2) is 0 Å². The summed E-state index contributed by atoms with van der Waals surface area (Å²) in [5.41, 5.74) is 1.89. The van der Waals surface area contributed by atoms with E-state index >= 15 is 0 Å². The van der Waals surface area contributed by atoms with E-state index in [0.717, 1.165) is 42.7 Å². The molecule has 4 fully saturated rings. The van der Waals surface area contributed by atoms with Crippen LogP contribution in [0.4, 0.5) is 11.4 Å². The number of carbonyl (C=O) groups excluding carboxylic acids is 2. The van der Waals surface area contributed by atoms with Crippen LogP contribution in [0, 0.1) is 23.2 Å². The van der Waals surface area contributed by atoms with Gasteiger partial charge in [-0.15, -0.1) is 0 Å². The van der Waals surface area contributed by atoms with Crippen molar-refractivity contribution in [3.8, 4) is 0 Å². The Labute approximate surface area is 173 Å². The molecule has 2 N–H and O–H groups in total. The lowest BCUT2D eigenvalue weighted by Gasteiger charge is -2.55. The van der Waals surface area contributed by atoms with Crippen molar-refractivity contribution in [1.82, 2.24) is 5.32 Å². The van der Waals surface area contributed by atoms with Crippen molar-refractivity contribution < 1.29 is 14.3 Å². The van der Waals surface area contributed by atoms with Gasteiger partial charge in [0.15, 0.2) is 0 Å². The second kappa shape index (κ2) is 7.98. The minimum Gasteiger partial charge on any atom is -0.383 e. The minimum absolute atomic E-state index is 0.153. The number of ether oxygens (including phenoxy) is 1. The van der Waals surface area contributed by atoms with E-state index in [0.29, 0.717) is 24.4 Å². The third kappa shape index (κ3) is 4.00. The first-order valence-electron chi connectivity index (χ1n) is 10.8. The number of hydrogen-bond donors (Lipinski definition) is 2. The van der Waals surface area contributed by atoms with Crippen LogP contribution in [-0.4, -0.2) is 46.2 Å². The van der Waals surface area contributed by atoms with Crippen LogP contribution in [-0.2, 0) is 9.53 Å². The standard InChI is InChI=1S/C23H33N3O3/c1-26(2)20-5-4-18(11-19(20)21(27)24-6-7-29-3)25-22(28)23-12-15-8-16(13-23)10-17(9-15)14-23/h4-5,11,15-17H,6-10,12-14H2,1-3H3,(H,24,27)(H,25,28). The quantitative estimate of drug-likeness (QED) is 0.691. The van der Waals surface area contributed by atoms with Crippen LogP contribution in [0.2, 0.25) is 0 Å². The van der Waals surface area contributed by atoms with Gasteiger partial charge in [-0.05, 0) is 74.5 Å². The fraction of sp³-hybridized carbons (Fsp3) is 0.652. The number of anilines is 2. The summed E-state index contributed by atoms with van der Waals surface area (Å²) in [5, 5.41) is 6.05. The summed E-state index contributed by atoms with van der Waals surface area (Å²) in [4.78, 5) is 27.9. The molecule has 2 amide bonds. The van der Waals surface area contributed by atoms with Gasteiger partial charge in [0.2, 0.25) is 5.91 Å². The lowest BCUT2D eigenvalue weighted by molar-refractivity contribution is -0.140. The number of carbonyl (C=O) groups is 2. The van der Waals surface area contributed by atoms with Crippen LogP contribution in [0.25, 0.3) is 0 Å². The predicted molar refractivity (Wildman–Crippen MR) is 114 cm³/mol. The average molecular weight is 400 g/mol. The first-order valence-corrected chi connectivity index (χ1v) is 10.8. The molecule has 1 aromatic rings. The third-order valence-electron chi connectivity index (χ3n) is 7.09. The lowest BCUT2D eigenvalue weighted by Crippen LogP contribution is -2.51. The maximum Gasteiger partial charge on any atom is 0.253 e. The molecule has 158 valence electrons. The van der Waals surface area contributed by atoms with Crippen molar-refractivity contribution in [3.05, 3.63) is 23.8 Å². The average Bonchev–Trinajstić information content (AvgIpc) is 2.66. The zero-order valence-electron chi connectivity index (χ0n) is 17.8. The molecule has 4 aliphatic rings. The van der Waals surface area contributed by atoms with Crippen LogP contribution < -0.4 is 15.5 Å². The molecular weight excluding hydrogens is 366 g/mol. The third-order valence-corrected chi connectivity index (χ3v) is 7.09. The van der Waals surface area contributed by atoms with Gasteiger partial charge < -0.3 is 20.3 Å². The van der Waals surface area contributed by atoms with Gasteiger partial charge in [0.25, 0.3) is 5.91 Å². The number of hydrogen-bond acceptors (Lipinski definition) is 4. The van der Waals surface area contributed by atoms with Crippen molar-refractivity contribution in [3.63, 3.8) is 0 Å². The zero-order valence-corrected chi connectivity index (χ0v) is 17.8. The summed E-state index contributed by atoms with van der Waals surface area (Å²) in [7, 11) is 5.43. The first kappa shape index (κ1) is 20.2. The fourth-order valence-corrected chi connectivity index (χ4v) is 6.20. The molecule has 0 atom stereocenters. The van der Waals surface area contributed by atoms with Gasteiger partial charge in [0.05, 0.1) is 17.6 Å². The Morgan fingerprint density at radius 3 is 2.28 bits per heavy atom. The molecule has 1 aromatic carbocycles. The highest BCUT2D eigenvalue weighted by Gasteiger charge is 2.54. The van der Waals surface area contributed by atoms with E-state index < -0.39 is 0 Å². The molecule has 0 spiro atoms. The van der Waals surface area contributed by atoms with Gasteiger partial charge in [0.1, 0.15) is 0 Å². The summed E-state index contributed by atoms with van der Waals surface area (Å²) in [6.07, 6.45) is 7.04. The lowest BCUT2D eigenvalue weighted by atomic mass is 9.49. The highest BCUT2D eigenvalue weighted by atomic mass is 16.5. The van der Waals surface area contributed by atoms with E-state index in [1.165, 1.54) is 19.3 Å². The smallest absolute Gasteiger partial charge is 0.253 e. The molecular formula is C23H33N3O3. The van der Waals surface area contributed by atoms with Crippen LogP contribution in [0.5, 0.6) is 0 Å². The Hall–Kier alpha value is -2.08. The van der Waals surface area contributed by atoms with Crippen LogP contribution in [0.3, 0.4) is 0 Å². The van der Waals surface area contributed by atoms with Gasteiger partial charge in [-0.1, -0.05) is 0 Å². The summed E-state index contributed by atoms with van der Waals surface area (Å²) in [6, 6.07) is 5.61. The monoisotopic (exact) mass is 399 g/mol. The van der Waals surface area contributed by atoms with E-state index in [1.54, 1.807) is 13.2 Å². The number of benzene rings is 1. The molecule has 6 heteroatoms. The Morgan fingerprint density at radius 1 is 1.10 bits per heavy atom. The molecule has 0 heterocycles. The summed E-state index contributed by atoms with van der Waals surface area (Å²) < 4.78 is 5.02. The Balaban J connectivity index is 1.52. The van der Waals surface area contributed by atoms with E-state index in [1.807, 2.05) is 31.1 Å². The highest BCUT2D eigenvalue weighted by molar-refractivity contribution is 6.02. The van der Waals surface area contributed by atoms with E-state index in [9.17, 15) is 9.59 Å². The number of methoxy groups -OCH3 is 1. The molecule has 0 aromatic heterocycles. The number of nitrogens with zero attached hydrogens (tertiary/aromatic N) is 1. The van der Waals surface area contributed by atoms with E-state index in [4.69, 9.17) is 4.74 Å². The van der Waals surface area contributed by atoms with Crippen molar-refractivity contribution in [2.24, 2.45) is 23.2 Å². The van der Waals surface area contributed by atoms with Crippen molar-refractivity contribution in [2.45, 2.75) is 38.5 Å². The zero-order chi connectivity index (χ0) is 20.6. The van der Waals surface area contributed by atoms with Gasteiger partial charge in [-0.3, -0.25) is 9.59 Å². The second-order valence-electron chi connectivity index (χ2n) is 9.53. The van der Waals surface area contributed by atoms with Crippen LogP contribution in [0.1, 0.15) is 48.9 Å². The number of rotatable bonds is 7. The summed E-state index contributed by atoms with van der Waals surface area (Å²) in [5.74, 6) is 2.18. The molecule has 0 aliphatic heterocycles. The number of amides is 2. The van der Waals surface area contributed by atoms with E-state index in [-0.39, 0.29) is 17.2 Å². The normalized spacial score (nSPS) is 29.6. The first-order chi connectivity index (χ1) is 13.9. The molecule has 0 saturated heterocycles. The fourth-order valence-electron chi connectivity index (χ4n) is 6.20. The largest absolute Gasteiger partial charge is 0.383 e. The predicted octanol–water partition coefficient (Wildman–Crippen LogP) is 3.28. The second-order valence-corrected chi connectivity index (χ2v) is 9.53. The maximum atomic E-state index is 13.3. The molecule has 4 aliphatic carbocycles. The molecule has 0 unspecified atom stereocenters. The molecule has 0 radical (unpaired) electrons. The Bertz CT molecular complexity index is 754. The van der Waals surface area contributed by atoms with E-state index in [2.05, 4.69) is 10.6 Å². The van der Waals surface area contributed by atoms with Gasteiger partial charge in [0, 0.05) is 39.1 Å². The van der Waals surface area contributed by atoms with Crippen LogP contribution in [0.15, 0.2) is 18.2 Å². The minimum atomic E-state index is -0.199. The van der Waals surface area contributed by atoms with Gasteiger partial charge >= 0.3 is 0 Å². The van der Waals surface area contributed by atoms with Gasteiger partial charge in [-0.2, -0.15) is 0 Å². The Kier molecular flexibility index (Phi) is 5.56. The summed E-state index contributed by atoms with van der Waals surface area (Å²) >= 11 is 0. The highest BCUT2D eigenvalue weighted by Crippen LogP contribution is 2.60. The van der Waals surface area contributed by atoms with Crippen molar-refractivity contribution in [2.75, 3.05) is 44.6 Å².